The summed E-state index contributed by atoms with van der Waals surface area (Å²) in [5.74, 6) is -2.96. The van der Waals surface area contributed by atoms with Crippen molar-refractivity contribution in [1.29, 1.82) is 0 Å². The molecular weight excluding hydrogens is 538 g/mol. The summed E-state index contributed by atoms with van der Waals surface area (Å²) in [6.45, 7) is 4.47. The van der Waals surface area contributed by atoms with E-state index < -0.39 is 24.3 Å². The van der Waals surface area contributed by atoms with Crippen LogP contribution in [0.25, 0.3) is 0 Å². The van der Waals surface area contributed by atoms with Crippen LogP contribution in [0.1, 0.15) is 25.7 Å². The Bertz CT molecular complexity index is 1040. The number of hydrogen-bond acceptors (Lipinski definition) is 7. The van der Waals surface area contributed by atoms with Crippen molar-refractivity contribution >= 4 is 17.9 Å². The molecule has 2 saturated heterocycles. The van der Waals surface area contributed by atoms with Gasteiger partial charge < -0.3 is 15.1 Å². The van der Waals surface area contributed by atoms with Gasteiger partial charge in [-0.25, -0.2) is 19.6 Å². The monoisotopic (exact) mass is 566 g/mol. The van der Waals surface area contributed by atoms with E-state index in [1.54, 1.807) is 0 Å². The molecule has 3 fully saturated rings. The number of halogens is 6. The van der Waals surface area contributed by atoms with Crippen molar-refractivity contribution in [3.8, 4) is 0 Å². The summed E-state index contributed by atoms with van der Waals surface area (Å²) in [5.41, 5.74) is 0. The molecule has 0 aromatic carbocycles. The minimum absolute atomic E-state index is 0.618. The van der Waals surface area contributed by atoms with Gasteiger partial charge in [0.05, 0.1) is 6.54 Å². The van der Waals surface area contributed by atoms with Crippen LogP contribution in [0.4, 0.5) is 32.3 Å². The predicted molar refractivity (Wildman–Crippen MR) is 124 cm³/mol. The third-order valence-corrected chi connectivity index (χ3v) is 6.61. The Morgan fingerprint density at radius 3 is 1.97 bits per heavy atom. The summed E-state index contributed by atoms with van der Waals surface area (Å²) in [6, 6.07) is 5.26. The van der Waals surface area contributed by atoms with Crippen LogP contribution in [0.15, 0.2) is 36.9 Å². The zero-order valence-corrected chi connectivity index (χ0v) is 20.6. The molecule has 1 saturated carbocycles. The third-order valence-electron chi connectivity index (χ3n) is 6.61. The first-order chi connectivity index (χ1) is 18.3. The number of piperidine rings is 1. The molecule has 3 atom stereocenters. The van der Waals surface area contributed by atoms with Crippen molar-refractivity contribution in [3.05, 3.63) is 36.9 Å². The van der Waals surface area contributed by atoms with E-state index in [9.17, 15) is 26.3 Å². The second-order valence-electron chi connectivity index (χ2n) is 9.47. The van der Waals surface area contributed by atoms with Gasteiger partial charge in [0.1, 0.15) is 0 Å². The van der Waals surface area contributed by atoms with Gasteiger partial charge in [0, 0.05) is 56.5 Å². The molecular formula is C23H28F6N6O4. The molecule has 2 aliphatic heterocycles. The number of alkyl halides is 6. The fourth-order valence-electron chi connectivity index (χ4n) is 4.77. The molecule has 0 spiro atoms. The lowest BCUT2D eigenvalue weighted by Gasteiger charge is -2.38. The normalized spacial score (nSPS) is 23.1. The Labute approximate surface area is 219 Å². The van der Waals surface area contributed by atoms with Crippen molar-refractivity contribution in [1.82, 2.24) is 24.6 Å². The van der Waals surface area contributed by atoms with Gasteiger partial charge in [0.25, 0.3) is 0 Å². The molecule has 2 aromatic heterocycles. The van der Waals surface area contributed by atoms with E-state index in [4.69, 9.17) is 19.8 Å². The summed E-state index contributed by atoms with van der Waals surface area (Å²) in [5, 5.41) is 18.7. The summed E-state index contributed by atoms with van der Waals surface area (Å²) in [6.07, 6.45) is 2.86. The number of aliphatic carboxylic acids is 2. The van der Waals surface area contributed by atoms with Gasteiger partial charge in [0.15, 0.2) is 0 Å². The van der Waals surface area contributed by atoms with Gasteiger partial charge in [-0.15, -0.1) is 0 Å². The Morgan fingerprint density at radius 1 is 0.897 bits per heavy atom. The van der Waals surface area contributed by atoms with E-state index in [0.29, 0.717) is 6.04 Å². The highest BCUT2D eigenvalue weighted by molar-refractivity contribution is 5.73. The van der Waals surface area contributed by atoms with Crippen molar-refractivity contribution in [3.63, 3.8) is 0 Å². The van der Waals surface area contributed by atoms with Gasteiger partial charge in [-0.05, 0) is 49.7 Å². The minimum atomic E-state index is -5.08. The fourth-order valence-corrected chi connectivity index (χ4v) is 4.77. The number of likely N-dealkylation sites (tertiary alicyclic amines) is 1. The highest BCUT2D eigenvalue weighted by Gasteiger charge is 2.45. The maximum atomic E-state index is 10.6. The highest BCUT2D eigenvalue weighted by atomic mass is 19.4. The largest absolute Gasteiger partial charge is 0.490 e. The van der Waals surface area contributed by atoms with Crippen molar-refractivity contribution < 1.29 is 46.1 Å². The van der Waals surface area contributed by atoms with E-state index in [-0.39, 0.29) is 0 Å². The molecule has 0 amide bonds. The lowest BCUT2D eigenvalue weighted by Crippen LogP contribution is -2.48. The van der Waals surface area contributed by atoms with Crippen molar-refractivity contribution in [2.45, 2.75) is 56.7 Å². The van der Waals surface area contributed by atoms with Gasteiger partial charge >= 0.3 is 24.3 Å². The standard InChI is InChI=1S/C19H26N6.2C2HF3O2/c1-6-20-19(21-7-1)23-10-5-18-16(13-23)11-17(14-24-9-2-8-22-24)25(18)12-15-3-4-15;2*3-2(4,5)1(6)7/h1-2,6-9,15-18H,3-5,10-14H2;2*(H,6,7)/t16-,17+,18+;;/m1../s1. The van der Waals surface area contributed by atoms with Gasteiger partial charge in [-0.2, -0.15) is 31.4 Å². The molecule has 3 aliphatic rings. The van der Waals surface area contributed by atoms with E-state index >= 15 is 0 Å². The van der Waals surface area contributed by atoms with Gasteiger partial charge in [0.2, 0.25) is 5.95 Å². The molecule has 5 rings (SSSR count). The summed E-state index contributed by atoms with van der Waals surface area (Å²) < 4.78 is 65.6. The Hall–Kier alpha value is -3.43. The smallest absolute Gasteiger partial charge is 0.475 e. The third kappa shape index (κ3) is 9.07. The van der Waals surface area contributed by atoms with E-state index in [1.807, 2.05) is 30.7 Å². The molecule has 39 heavy (non-hydrogen) atoms. The average Bonchev–Trinajstić information content (AvgIpc) is 3.42. The van der Waals surface area contributed by atoms with Gasteiger partial charge in [-0.3, -0.25) is 9.58 Å². The van der Waals surface area contributed by atoms with Crippen LogP contribution >= 0.6 is 0 Å². The average molecular weight is 567 g/mol. The van der Waals surface area contributed by atoms with Crippen LogP contribution in [-0.4, -0.2) is 90.9 Å². The second-order valence-corrected chi connectivity index (χ2v) is 9.47. The Morgan fingerprint density at radius 2 is 1.49 bits per heavy atom. The second kappa shape index (κ2) is 12.6. The van der Waals surface area contributed by atoms with Gasteiger partial charge in [-0.1, -0.05) is 0 Å². The molecule has 2 aromatic rings. The Kier molecular flexibility index (Phi) is 9.74. The molecule has 0 bridgehead atoms. The zero-order chi connectivity index (χ0) is 28.8. The number of carbonyl (C=O) groups is 2. The van der Waals surface area contributed by atoms with Crippen LogP contribution in [0.5, 0.6) is 0 Å². The maximum Gasteiger partial charge on any atom is 0.490 e. The fraction of sp³-hybridized carbons (Fsp3) is 0.609. The topological polar surface area (TPSA) is 125 Å². The number of rotatable bonds is 5. The first-order valence-corrected chi connectivity index (χ1v) is 12.1. The number of hydrogen-bond donors (Lipinski definition) is 2. The van der Waals surface area contributed by atoms with Crippen LogP contribution in [0, 0.1) is 11.8 Å². The molecule has 10 nitrogen and oxygen atoms in total. The minimum Gasteiger partial charge on any atom is -0.475 e. The van der Waals surface area contributed by atoms with Crippen LogP contribution in [-0.2, 0) is 16.1 Å². The van der Waals surface area contributed by atoms with E-state index in [1.165, 1.54) is 32.2 Å². The molecule has 1 aliphatic carbocycles. The summed E-state index contributed by atoms with van der Waals surface area (Å²) >= 11 is 0. The van der Waals surface area contributed by atoms with Crippen molar-refractivity contribution in [2.24, 2.45) is 11.8 Å². The first-order valence-electron chi connectivity index (χ1n) is 12.1. The molecule has 0 unspecified atom stereocenters. The lowest BCUT2D eigenvalue weighted by atomic mass is 9.92. The Balaban J connectivity index is 0.000000251. The number of aromatic nitrogens is 4. The van der Waals surface area contributed by atoms with E-state index in [0.717, 1.165) is 43.5 Å². The summed E-state index contributed by atoms with van der Waals surface area (Å²) in [7, 11) is 0. The number of carboxylic acid groups (broad SMARTS) is 2. The van der Waals surface area contributed by atoms with Crippen LogP contribution < -0.4 is 4.90 Å². The SMILES string of the molecule is O=C(O)C(F)(F)F.O=C(O)C(F)(F)F.c1cnc(N2CC[C@H]3[C@H](C[C@@H](Cn4cccn4)N3CC3CC3)C2)nc1. The molecule has 2 N–H and O–H groups in total. The molecule has 16 heteroatoms. The van der Waals surface area contributed by atoms with Crippen molar-refractivity contribution in [2.75, 3.05) is 24.5 Å². The molecule has 0 radical (unpaired) electrons. The van der Waals surface area contributed by atoms with Crippen LogP contribution in [0.3, 0.4) is 0 Å². The summed E-state index contributed by atoms with van der Waals surface area (Å²) in [4.78, 5) is 31.9. The van der Waals surface area contributed by atoms with E-state index in [2.05, 4.69) is 35.7 Å². The number of fused-ring (bicyclic) bond motifs is 1. The first kappa shape index (κ1) is 30.1. The zero-order valence-electron chi connectivity index (χ0n) is 20.6. The maximum absolute atomic E-state index is 10.6. The highest BCUT2D eigenvalue weighted by Crippen LogP contribution is 2.40. The number of anilines is 1. The van der Waals surface area contributed by atoms with Crippen LogP contribution in [0.2, 0.25) is 0 Å². The quantitative estimate of drug-likeness (QED) is 0.525. The predicted octanol–water partition coefficient (Wildman–Crippen LogP) is 3.32. The lowest BCUT2D eigenvalue weighted by molar-refractivity contribution is -0.193. The number of nitrogens with zero attached hydrogens (tertiary/aromatic N) is 6. The number of carboxylic acids is 2. The molecule has 216 valence electrons. The molecule has 4 heterocycles.